The normalized spacial score (nSPS) is 17.5. The standard InChI is InChI=1S/C20H25F2N3O5.C2H4/c1-13(25-9-11-30-12-10-25)3-4-14-5-7-15(8-6-14)17(26)23-16(18(27)24-29)20(2,28)19(21)22;1-2/h5-8,13,16,19,28-29H,9-12H2,1-2H3,(H,23,26)(H,24,27);1-2H2/t13?,16?,20-;/m0./s1. The van der Waals surface area contributed by atoms with Gasteiger partial charge in [-0.05, 0) is 38.1 Å². The number of carbonyl (C=O) groups is 2. The van der Waals surface area contributed by atoms with Crippen LogP contribution in [0.3, 0.4) is 0 Å². The van der Waals surface area contributed by atoms with Gasteiger partial charge in [0, 0.05) is 24.2 Å². The molecule has 1 heterocycles. The van der Waals surface area contributed by atoms with Gasteiger partial charge in [0.05, 0.1) is 19.3 Å². The van der Waals surface area contributed by atoms with E-state index in [1.807, 2.05) is 12.2 Å². The Morgan fingerprint density at radius 3 is 2.28 bits per heavy atom. The molecule has 1 aromatic rings. The minimum atomic E-state index is -3.34. The molecule has 1 saturated heterocycles. The van der Waals surface area contributed by atoms with E-state index in [9.17, 15) is 23.5 Å². The van der Waals surface area contributed by atoms with Crippen molar-refractivity contribution in [2.24, 2.45) is 0 Å². The molecular formula is C22H29F2N3O5. The number of aliphatic hydroxyl groups is 1. The zero-order chi connectivity index (χ0) is 24.3. The molecule has 8 nitrogen and oxygen atoms in total. The maximum Gasteiger partial charge on any atom is 0.269 e. The van der Waals surface area contributed by atoms with Crippen molar-refractivity contribution < 1.29 is 33.4 Å². The summed E-state index contributed by atoms with van der Waals surface area (Å²) in [5.41, 5.74) is -0.995. The number of amides is 2. The second-order valence-corrected chi connectivity index (χ2v) is 7.08. The fourth-order valence-corrected chi connectivity index (χ4v) is 2.83. The molecule has 0 aliphatic carbocycles. The van der Waals surface area contributed by atoms with Crippen LogP contribution in [0.1, 0.15) is 29.8 Å². The number of rotatable bonds is 6. The van der Waals surface area contributed by atoms with E-state index in [0.29, 0.717) is 25.7 Å². The summed E-state index contributed by atoms with van der Waals surface area (Å²) in [4.78, 5) is 26.2. The van der Waals surface area contributed by atoms with Gasteiger partial charge in [-0.15, -0.1) is 13.2 Å². The van der Waals surface area contributed by atoms with E-state index >= 15 is 0 Å². The van der Waals surface area contributed by atoms with Gasteiger partial charge in [0.2, 0.25) is 0 Å². The maximum atomic E-state index is 13.1. The SMILES string of the molecule is C=C.CC(C#Cc1ccc(C(=O)NC(C(=O)NO)[C@](C)(O)C(F)F)cc1)N1CCOCC1. The van der Waals surface area contributed by atoms with Gasteiger partial charge in [0.25, 0.3) is 18.2 Å². The average Bonchev–Trinajstić information content (AvgIpc) is 2.82. The van der Waals surface area contributed by atoms with Gasteiger partial charge < -0.3 is 15.2 Å². The summed E-state index contributed by atoms with van der Waals surface area (Å²) in [6, 6.07) is 3.98. The van der Waals surface area contributed by atoms with E-state index in [1.54, 1.807) is 12.1 Å². The summed E-state index contributed by atoms with van der Waals surface area (Å²) in [6.45, 7) is 11.6. The average molecular weight is 453 g/mol. The number of halogens is 2. The highest BCUT2D eigenvalue weighted by Gasteiger charge is 2.46. The number of nitrogens with one attached hydrogen (secondary N) is 2. The van der Waals surface area contributed by atoms with Crippen molar-refractivity contribution >= 4 is 11.8 Å². The van der Waals surface area contributed by atoms with Crippen molar-refractivity contribution in [3.63, 3.8) is 0 Å². The largest absolute Gasteiger partial charge is 0.381 e. The number of hydrogen-bond acceptors (Lipinski definition) is 6. The van der Waals surface area contributed by atoms with Crippen molar-refractivity contribution in [2.45, 2.75) is 38.0 Å². The lowest BCUT2D eigenvalue weighted by atomic mass is 9.95. The summed E-state index contributed by atoms with van der Waals surface area (Å²) < 4.78 is 31.4. The lowest BCUT2D eigenvalue weighted by Crippen LogP contribution is -2.61. The van der Waals surface area contributed by atoms with Crippen LogP contribution in [0, 0.1) is 11.8 Å². The molecule has 0 aromatic heterocycles. The number of nitrogens with zero attached hydrogens (tertiary/aromatic N) is 1. The van der Waals surface area contributed by atoms with Crippen LogP contribution in [0.5, 0.6) is 0 Å². The fraction of sp³-hybridized carbons (Fsp3) is 0.455. The van der Waals surface area contributed by atoms with Crippen molar-refractivity contribution in [3.8, 4) is 11.8 Å². The number of carbonyl (C=O) groups excluding carboxylic acids is 2. The molecule has 1 aliphatic rings. The van der Waals surface area contributed by atoms with Gasteiger partial charge >= 0.3 is 0 Å². The molecule has 1 aromatic carbocycles. The Bertz CT molecular complexity index is 815. The lowest BCUT2D eigenvalue weighted by Gasteiger charge is -2.30. The fourth-order valence-electron chi connectivity index (χ4n) is 2.83. The third kappa shape index (κ3) is 7.39. The van der Waals surface area contributed by atoms with Crippen molar-refractivity contribution in [2.75, 3.05) is 26.3 Å². The number of ether oxygens (including phenoxy) is 1. The van der Waals surface area contributed by atoms with Gasteiger partial charge in [-0.3, -0.25) is 19.7 Å². The van der Waals surface area contributed by atoms with Crippen LogP contribution in [0.25, 0.3) is 0 Å². The van der Waals surface area contributed by atoms with E-state index < -0.39 is 29.9 Å². The van der Waals surface area contributed by atoms with E-state index in [2.05, 4.69) is 29.9 Å². The summed E-state index contributed by atoms with van der Waals surface area (Å²) in [6.07, 6.45) is -3.34. The first-order valence-electron chi connectivity index (χ1n) is 9.85. The van der Waals surface area contributed by atoms with E-state index in [1.165, 1.54) is 17.6 Å². The third-order valence-electron chi connectivity index (χ3n) is 4.84. The Kier molecular flexibility index (Phi) is 10.9. The lowest BCUT2D eigenvalue weighted by molar-refractivity contribution is -0.149. The molecule has 1 aliphatic heterocycles. The zero-order valence-electron chi connectivity index (χ0n) is 18.1. The Morgan fingerprint density at radius 1 is 1.22 bits per heavy atom. The predicted molar refractivity (Wildman–Crippen MR) is 114 cm³/mol. The maximum absolute atomic E-state index is 13.1. The highest BCUT2D eigenvalue weighted by molar-refractivity contribution is 5.97. The highest BCUT2D eigenvalue weighted by Crippen LogP contribution is 2.20. The molecule has 0 radical (unpaired) electrons. The molecule has 0 bridgehead atoms. The number of morpholine rings is 1. The van der Waals surface area contributed by atoms with Crippen molar-refractivity contribution in [1.82, 2.24) is 15.7 Å². The van der Waals surface area contributed by atoms with Crippen LogP contribution in [-0.4, -0.2) is 77.4 Å². The zero-order valence-corrected chi connectivity index (χ0v) is 18.1. The molecule has 10 heteroatoms. The molecule has 0 saturated carbocycles. The minimum Gasteiger partial charge on any atom is -0.381 e. The molecule has 0 spiro atoms. The Labute approximate surface area is 186 Å². The summed E-state index contributed by atoms with van der Waals surface area (Å²) in [5, 5.41) is 20.6. The highest BCUT2D eigenvalue weighted by atomic mass is 19.3. The van der Waals surface area contributed by atoms with Crippen LogP contribution >= 0.6 is 0 Å². The van der Waals surface area contributed by atoms with E-state index in [4.69, 9.17) is 9.94 Å². The Balaban J connectivity index is 0.00000249. The van der Waals surface area contributed by atoms with Crippen LogP contribution in [-0.2, 0) is 9.53 Å². The summed E-state index contributed by atoms with van der Waals surface area (Å²) in [5.74, 6) is 3.90. The number of hydroxylamine groups is 1. The molecule has 1 fully saturated rings. The van der Waals surface area contributed by atoms with Gasteiger partial charge in [-0.25, -0.2) is 14.3 Å². The van der Waals surface area contributed by atoms with Gasteiger partial charge in [-0.1, -0.05) is 11.8 Å². The molecule has 32 heavy (non-hydrogen) atoms. The predicted octanol–water partition coefficient (Wildman–Crippen LogP) is 1.18. The van der Waals surface area contributed by atoms with Gasteiger partial charge in [0.1, 0.15) is 6.04 Å². The summed E-state index contributed by atoms with van der Waals surface area (Å²) in [7, 11) is 0. The molecule has 4 N–H and O–H groups in total. The van der Waals surface area contributed by atoms with Crippen molar-refractivity contribution in [3.05, 3.63) is 48.6 Å². The summed E-state index contributed by atoms with van der Waals surface area (Å²) >= 11 is 0. The third-order valence-corrected chi connectivity index (χ3v) is 4.84. The Hall–Kier alpha value is -2.84. The molecular weight excluding hydrogens is 424 g/mol. The molecule has 3 atom stereocenters. The minimum absolute atomic E-state index is 0.0335. The van der Waals surface area contributed by atoms with Crippen molar-refractivity contribution in [1.29, 1.82) is 0 Å². The van der Waals surface area contributed by atoms with Crippen LogP contribution in [0.15, 0.2) is 37.4 Å². The number of hydrogen-bond donors (Lipinski definition) is 4. The van der Waals surface area contributed by atoms with Crippen LogP contribution < -0.4 is 10.8 Å². The molecule has 176 valence electrons. The molecule has 2 unspecified atom stereocenters. The van der Waals surface area contributed by atoms with E-state index in [-0.39, 0.29) is 11.6 Å². The van der Waals surface area contributed by atoms with E-state index in [0.717, 1.165) is 13.1 Å². The quantitative estimate of drug-likeness (QED) is 0.223. The van der Waals surface area contributed by atoms with Gasteiger partial charge in [-0.2, -0.15) is 0 Å². The number of benzene rings is 1. The topological polar surface area (TPSA) is 111 Å². The van der Waals surface area contributed by atoms with Gasteiger partial charge in [0.15, 0.2) is 5.60 Å². The smallest absolute Gasteiger partial charge is 0.269 e. The number of alkyl halides is 2. The molecule has 2 amide bonds. The monoisotopic (exact) mass is 453 g/mol. The molecule has 2 rings (SSSR count). The first-order valence-corrected chi connectivity index (χ1v) is 9.85. The first kappa shape index (κ1) is 27.2. The second-order valence-electron chi connectivity index (χ2n) is 7.08. The van der Waals surface area contributed by atoms with Crippen LogP contribution in [0.2, 0.25) is 0 Å². The Morgan fingerprint density at radius 2 is 1.78 bits per heavy atom. The first-order chi connectivity index (χ1) is 15.2. The second kappa shape index (κ2) is 12.9. The van der Waals surface area contributed by atoms with Crippen LogP contribution in [0.4, 0.5) is 8.78 Å².